The zero-order chi connectivity index (χ0) is 50.6. The van der Waals surface area contributed by atoms with E-state index in [1.165, 1.54) is 45.6 Å². The summed E-state index contributed by atoms with van der Waals surface area (Å²) in [5.74, 6) is -1.31. The highest BCUT2D eigenvalue weighted by Gasteiger charge is 2.62. The van der Waals surface area contributed by atoms with Gasteiger partial charge in [0, 0.05) is 67.6 Å². The molecule has 4 bridgehead atoms. The molecule has 1 saturated heterocycles. The van der Waals surface area contributed by atoms with Crippen molar-refractivity contribution in [3.8, 4) is 5.75 Å². The van der Waals surface area contributed by atoms with Crippen LogP contribution in [0, 0.1) is 17.3 Å². The van der Waals surface area contributed by atoms with Crippen LogP contribution in [0.15, 0.2) is 59.2 Å². The Labute approximate surface area is 418 Å². The Kier molecular flexibility index (Phi) is 17.2. The van der Waals surface area contributed by atoms with Gasteiger partial charge in [0.25, 0.3) is 0 Å². The zero-order valence-electron chi connectivity index (χ0n) is 41.2. The molecule has 69 heavy (non-hydrogen) atoms. The quantitative estimate of drug-likeness (QED) is 0.0508. The fourth-order valence-corrected chi connectivity index (χ4v) is 12.3. The number of carbonyl (C=O) groups is 5. The summed E-state index contributed by atoms with van der Waals surface area (Å²) in [6.07, 6.45) is 4.50. The molecule has 19 heteroatoms. The number of nitrogen functional groups attached to an aromatic ring is 1. The van der Waals surface area contributed by atoms with E-state index >= 15 is 0 Å². The van der Waals surface area contributed by atoms with Crippen molar-refractivity contribution in [2.24, 2.45) is 22.4 Å². The zero-order valence-corrected chi connectivity index (χ0v) is 43.6. The van der Waals surface area contributed by atoms with Gasteiger partial charge in [0.15, 0.2) is 5.72 Å². The first-order chi connectivity index (χ1) is 32.5. The number of hydrogen-bond acceptors (Lipinski definition) is 14. The van der Waals surface area contributed by atoms with E-state index in [2.05, 4.69) is 15.8 Å². The summed E-state index contributed by atoms with van der Waals surface area (Å²) in [5, 5.41) is 19.1. The predicted molar refractivity (Wildman–Crippen MR) is 271 cm³/mol. The van der Waals surface area contributed by atoms with Crippen molar-refractivity contribution < 1.29 is 48.0 Å². The smallest absolute Gasteiger partial charge is 0.409 e. The number of benzene rings is 2. The van der Waals surface area contributed by atoms with Crippen molar-refractivity contribution in [2.75, 3.05) is 44.7 Å². The number of aryl methyl sites for hydroxylation is 1. The summed E-state index contributed by atoms with van der Waals surface area (Å²) >= 11 is 6.84. The van der Waals surface area contributed by atoms with E-state index in [-0.39, 0.29) is 60.3 Å². The minimum atomic E-state index is -1.80. The molecule has 8 atom stereocenters. The van der Waals surface area contributed by atoms with Gasteiger partial charge in [-0.15, -0.1) is 0 Å². The monoisotopic (exact) mass is 1010 g/mol. The molecule has 1 saturated carbocycles. The van der Waals surface area contributed by atoms with E-state index < -0.39 is 52.3 Å². The SMILES string of the molecule is COc1cc2cc(c1Cl)N(C)C(=O)C[C@H](OC(=O)[C@H](C)N(C)C(=O)CCSSC(C)(C)CC(=O)N/N=C1/CCc3cc(N)ccc31)[C@@]1(C)C[C@H]1[C@H](C)[C@@H]1C[C@@](O)(NC(=O)O1)[C@H](OC)/C=C/C=C(\C)C2. The van der Waals surface area contributed by atoms with Crippen molar-refractivity contribution in [3.05, 3.63) is 75.8 Å². The molecule has 6 rings (SSSR count). The third-order valence-corrected chi connectivity index (χ3v) is 17.6. The number of nitrogens with two attached hydrogens (primary N) is 1. The van der Waals surface area contributed by atoms with E-state index in [0.29, 0.717) is 35.7 Å². The van der Waals surface area contributed by atoms with Crippen molar-refractivity contribution in [2.45, 2.75) is 128 Å². The van der Waals surface area contributed by atoms with Crippen LogP contribution < -0.4 is 26.1 Å². The van der Waals surface area contributed by atoms with Crippen molar-refractivity contribution in [1.82, 2.24) is 15.6 Å². The van der Waals surface area contributed by atoms with Gasteiger partial charge in [0.2, 0.25) is 17.7 Å². The molecule has 2 aromatic carbocycles. The number of hydrogen-bond donors (Lipinski definition) is 4. The molecule has 2 aliphatic carbocycles. The molecule has 2 aliphatic heterocycles. The van der Waals surface area contributed by atoms with Crippen LogP contribution in [0.3, 0.4) is 0 Å². The third-order valence-electron chi connectivity index (χ3n) is 13.9. The number of fused-ring (bicyclic) bond motifs is 6. The van der Waals surface area contributed by atoms with Crippen LogP contribution in [0.4, 0.5) is 16.2 Å². The van der Waals surface area contributed by atoms with Crippen LogP contribution in [0.25, 0.3) is 0 Å². The van der Waals surface area contributed by atoms with Crippen LogP contribution in [0.1, 0.15) is 96.8 Å². The number of halogens is 1. The van der Waals surface area contributed by atoms with Crippen molar-refractivity contribution in [1.29, 1.82) is 0 Å². The van der Waals surface area contributed by atoms with Gasteiger partial charge in [-0.25, -0.2) is 15.0 Å². The maximum atomic E-state index is 14.4. The van der Waals surface area contributed by atoms with E-state index in [1.54, 1.807) is 39.2 Å². The van der Waals surface area contributed by atoms with Gasteiger partial charge < -0.3 is 39.6 Å². The fraction of sp³-hybridized carbons (Fsp3) is 0.560. The van der Waals surface area contributed by atoms with Gasteiger partial charge in [-0.1, -0.05) is 76.9 Å². The predicted octanol–water partition coefficient (Wildman–Crippen LogP) is 7.37. The van der Waals surface area contributed by atoms with Gasteiger partial charge in [0.1, 0.15) is 35.1 Å². The van der Waals surface area contributed by atoms with E-state index in [9.17, 15) is 29.1 Å². The number of nitrogens with zero attached hydrogens (tertiary/aromatic N) is 3. The molecule has 0 unspecified atom stereocenters. The van der Waals surface area contributed by atoms with Crippen LogP contribution >= 0.6 is 33.2 Å². The maximum Gasteiger partial charge on any atom is 0.409 e. The second kappa shape index (κ2) is 22.1. The second-order valence-electron chi connectivity index (χ2n) is 19.6. The largest absolute Gasteiger partial charge is 0.495 e. The molecular weight excluding hydrogens is 944 g/mol. The maximum absolute atomic E-state index is 14.4. The number of likely N-dealkylation sites (N-methyl/N-ethyl adjacent to an activating group) is 1. The Morgan fingerprint density at radius 1 is 1.17 bits per heavy atom. The second-order valence-corrected chi connectivity index (χ2v) is 23.1. The molecule has 2 heterocycles. The Hall–Kier alpha value is -4.75. The Morgan fingerprint density at radius 2 is 1.91 bits per heavy atom. The van der Waals surface area contributed by atoms with E-state index in [1.807, 2.05) is 65.0 Å². The minimum Gasteiger partial charge on any atom is -0.495 e. The Balaban J connectivity index is 1.13. The highest BCUT2D eigenvalue weighted by Crippen LogP contribution is 2.61. The summed E-state index contributed by atoms with van der Waals surface area (Å²) in [4.78, 5) is 70.8. The lowest BCUT2D eigenvalue weighted by Gasteiger charge is -2.42. The summed E-state index contributed by atoms with van der Waals surface area (Å²) in [6, 6.07) is 8.31. The lowest BCUT2D eigenvalue weighted by Crippen LogP contribution is -2.63. The topological polar surface area (TPSA) is 211 Å². The average Bonchev–Trinajstić information content (AvgIpc) is 3.83. The molecular formula is C50H67ClN6O10S2. The first-order valence-corrected chi connectivity index (χ1v) is 25.9. The third kappa shape index (κ3) is 12.8. The number of rotatable bonds is 13. The highest BCUT2D eigenvalue weighted by molar-refractivity contribution is 8.77. The fourth-order valence-electron chi connectivity index (χ4n) is 9.47. The molecule has 2 aromatic rings. The summed E-state index contributed by atoms with van der Waals surface area (Å²) in [5.41, 5.74) is 11.8. The lowest BCUT2D eigenvalue weighted by molar-refractivity contribution is -0.163. The van der Waals surface area contributed by atoms with E-state index in [4.69, 9.17) is 36.3 Å². The molecule has 376 valence electrons. The van der Waals surface area contributed by atoms with Gasteiger partial charge in [-0.2, -0.15) is 5.10 Å². The Bertz CT molecular complexity index is 2400. The average molecular weight is 1010 g/mol. The van der Waals surface area contributed by atoms with Gasteiger partial charge in [-0.05, 0) is 101 Å². The number of methoxy groups -OCH3 is 2. The molecule has 5 N–H and O–H groups in total. The van der Waals surface area contributed by atoms with Crippen LogP contribution in [-0.2, 0) is 46.2 Å². The highest BCUT2D eigenvalue weighted by atomic mass is 35.5. The minimum absolute atomic E-state index is 0.00428. The lowest BCUT2D eigenvalue weighted by atomic mass is 9.83. The number of anilines is 2. The number of hydrazone groups is 1. The van der Waals surface area contributed by atoms with E-state index in [0.717, 1.165) is 40.8 Å². The number of amides is 4. The molecule has 4 aliphatic rings. The molecule has 0 radical (unpaired) electrons. The van der Waals surface area contributed by atoms with Crippen molar-refractivity contribution in [3.63, 3.8) is 0 Å². The molecule has 0 spiro atoms. The number of aliphatic hydroxyl groups is 1. The van der Waals surface area contributed by atoms with Crippen molar-refractivity contribution >= 4 is 80.1 Å². The van der Waals surface area contributed by atoms with Gasteiger partial charge in [0.05, 0.1) is 24.9 Å². The summed E-state index contributed by atoms with van der Waals surface area (Å²) < 4.78 is 23.0. The van der Waals surface area contributed by atoms with Crippen LogP contribution in [0.5, 0.6) is 5.75 Å². The molecule has 4 amide bonds. The number of carbonyl (C=O) groups excluding carboxylic acids is 5. The number of alkyl carbamates (subject to hydrolysis) is 1. The summed E-state index contributed by atoms with van der Waals surface area (Å²) in [7, 11) is 9.07. The summed E-state index contributed by atoms with van der Waals surface area (Å²) in [6.45, 7) is 11.3. The first-order valence-electron chi connectivity index (χ1n) is 23.2. The first kappa shape index (κ1) is 53.6. The normalized spacial score (nSPS) is 28.2. The standard InChI is InChI=1S/C50H67ClN6O10S2/c1-28-12-11-13-40(65-10)50(63)26-39(66-47(62)53-50)29(2)35-25-49(35,6)41(24-44(60)57(8)37-21-31(20-28)22-38(64-9)45(37)51)67-46(61)30(3)56(7)43(59)18-19-68-69-48(4,5)27-42(58)55-54-36-17-14-32-23-33(52)15-16-34(32)36/h11-13,15-16,21-23,29-30,35,39-41,63H,14,17-20,24-27,52H2,1-10H3,(H,53,62)(H,55,58)/b13-11+,28-12+,54-36-/t29-,30-,35-,39-,40+,41-,49-,50-/m0/s1. The number of nitrogens with one attached hydrogen (secondary N) is 2. The number of esters is 1. The molecule has 0 aromatic heterocycles. The molecule has 2 fully saturated rings. The number of ether oxygens (including phenoxy) is 4. The Morgan fingerprint density at radius 3 is 2.62 bits per heavy atom. The molecule has 16 nitrogen and oxygen atoms in total. The van der Waals surface area contributed by atoms with Gasteiger partial charge >= 0.3 is 12.1 Å². The van der Waals surface area contributed by atoms with Crippen LogP contribution in [-0.4, -0.2) is 114 Å². The van der Waals surface area contributed by atoms with Crippen LogP contribution in [0.2, 0.25) is 5.02 Å². The number of allylic oxidation sites excluding steroid dienone is 3. The van der Waals surface area contributed by atoms with Gasteiger partial charge in [-0.3, -0.25) is 19.7 Å².